The van der Waals surface area contributed by atoms with Crippen molar-refractivity contribution in [2.24, 2.45) is 11.8 Å². The van der Waals surface area contributed by atoms with Gasteiger partial charge in [-0.3, -0.25) is 4.79 Å². The van der Waals surface area contributed by atoms with E-state index in [4.69, 9.17) is 0 Å². The third-order valence-corrected chi connectivity index (χ3v) is 4.84. The summed E-state index contributed by atoms with van der Waals surface area (Å²) >= 11 is 0. The molecule has 1 aromatic carbocycles. The van der Waals surface area contributed by atoms with Crippen LogP contribution in [0.1, 0.15) is 32.6 Å². The van der Waals surface area contributed by atoms with E-state index in [2.05, 4.69) is 53.8 Å². The maximum absolute atomic E-state index is 12.1. The van der Waals surface area contributed by atoms with Crippen molar-refractivity contribution in [1.29, 1.82) is 0 Å². The number of amides is 1. The molecule has 1 aromatic rings. The van der Waals surface area contributed by atoms with Gasteiger partial charge in [0.15, 0.2) is 0 Å². The van der Waals surface area contributed by atoms with Gasteiger partial charge in [-0.25, -0.2) is 0 Å². The maximum atomic E-state index is 12.1. The molecule has 144 valence electrons. The third-order valence-electron chi connectivity index (χ3n) is 4.84. The Morgan fingerprint density at radius 3 is 2.68 bits per heavy atom. The highest BCUT2D eigenvalue weighted by molar-refractivity contribution is 5.85. The molecular weight excluding hydrogens is 357 g/mol. The number of benzene rings is 1. The fourth-order valence-electron chi connectivity index (χ4n) is 3.25. The Morgan fingerprint density at radius 2 is 2.04 bits per heavy atom. The molecule has 2 rings (SSSR count). The zero-order valence-electron chi connectivity index (χ0n) is 15.4. The third kappa shape index (κ3) is 8.80. The predicted molar refractivity (Wildman–Crippen MR) is 111 cm³/mol. The molecule has 0 bridgehead atoms. The Kier molecular flexibility index (Phi) is 12.7. The van der Waals surface area contributed by atoms with Crippen LogP contribution in [0.3, 0.4) is 0 Å². The number of hydrogen-bond acceptors (Lipinski definition) is 3. The zero-order chi connectivity index (χ0) is 16.5. The van der Waals surface area contributed by atoms with Crippen molar-refractivity contribution in [3.8, 4) is 0 Å². The SMILES string of the molecule is CC(CC(=O)NCCCN(C)c1ccccc1)C1CCCNC1.Cl.Cl. The summed E-state index contributed by atoms with van der Waals surface area (Å²) in [6.45, 7) is 6.11. The largest absolute Gasteiger partial charge is 0.375 e. The van der Waals surface area contributed by atoms with Crippen LogP contribution in [0.5, 0.6) is 0 Å². The number of carbonyl (C=O) groups is 1. The predicted octanol–water partition coefficient (Wildman–Crippen LogP) is 3.50. The Labute approximate surface area is 164 Å². The zero-order valence-corrected chi connectivity index (χ0v) is 17.0. The normalized spacial score (nSPS) is 17.6. The van der Waals surface area contributed by atoms with Gasteiger partial charge in [-0.05, 0) is 56.3 Å². The molecule has 2 atom stereocenters. The standard InChI is InChI=1S/C19H31N3O.2ClH/c1-16(17-8-6-11-20-15-17)14-19(23)21-12-7-13-22(2)18-9-4-3-5-10-18;;/h3-5,9-10,16-17,20H,6-8,11-15H2,1-2H3,(H,21,23);2*1H. The van der Waals surface area contributed by atoms with Gasteiger partial charge in [-0.1, -0.05) is 25.1 Å². The molecule has 2 unspecified atom stereocenters. The van der Waals surface area contributed by atoms with Gasteiger partial charge >= 0.3 is 0 Å². The van der Waals surface area contributed by atoms with E-state index in [1.54, 1.807) is 0 Å². The summed E-state index contributed by atoms with van der Waals surface area (Å²) in [5.74, 6) is 1.32. The molecule has 0 saturated carbocycles. The Bertz CT molecular complexity index is 467. The minimum Gasteiger partial charge on any atom is -0.375 e. The van der Waals surface area contributed by atoms with Crippen molar-refractivity contribution in [3.63, 3.8) is 0 Å². The van der Waals surface area contributed by atoms with E-state index >= 15 is 0 Å². The molecule has 0 aromatic heterocycles. The Balaban J connectivity index is 0.00000288. The summed E-state index contributed by atoms with van der Waals surface area (Å²) in [6, 6.07) is 10.3. The first-order valence-corrected chi connectivity index (χ1v) is 8.90. The summed E-state index contributed by atoms with van der Waals surface area (Å²) in [5, 5.41) is 6.51. The van der Waals surface area contributed by atoms with Crippen molar-refractivity contribution < 1.29 is 4.79 Å². The van der Waals surface area contributed by atoms with Crippen LogP contribution < -0.4 is 15.5 Å². The summed E-state index contributed by atoms with van der Waals surface area (Å²) in [5.41, 5.74) is 1.22. The van der Waals surface area contributed by atoms with Crippen LogP contribution in [0.15, 0.2) is 30.3 Å². The van der Waals surface area contributed by atoms with E-state index in [1.165, 1.54) is 18.5 Å². The molecule has 0 radical (unpaired) electrons. The van der Waals surface area contributed by atoms with E-state index in [1.807, 2.05) is 6.07 Å². The van der Waals surface area contributed by atoms with Gasteiger partial charge in [-0.15, -0.1) is 24.8 Å². The molecule has 4 nitrogen and oxygen atoms in total. The summed E-state index contributed by atoms with van der Waals surface area (Å²) < 4.78 is 0. The number of carbonyl (C=O) groups excluding carboxylic acids is 1. The Hall–Kier alpha value is -0.970. The van der Waals surface area contributed by atoms with E-state index in [-0.39, 0.29) is 30.7 Å². The number of nitrogens with zero attached hydrogens (tertiary/aromatic N) is 1. The second kappa shape index (κ2) is 13.3. The highest BCUT2D eigenvalue weighted by atomic mass is 35.5. The number of anilines is 1. The van der Waals surface area contributed by atoms with Gasteiger partial charge in [-0.2, -0.15) is 0 Å². The molecule has 1 heterocycles. The topological polar surface area (TPSA) is 44.4 Å². The number of nitrogens with one attached hydrogen (secondary N) is 2. The van der Waals surface area contributed by atoms with Crippen molar-refractivity contribution in [2.45, 2.75) is 32.6 Å². The minimum absolute atomic E-state index is 0. The highest BCUT2D eigenvalue weighted by Crippen LogP contribution is 2.22. The fraction of sp³-hybridized carbons (Fsp3) is 0.632. The first-order chi connectivity index (χ1) is 11.2. The molecule has 1 aliphatic heterocycles. The van der Waals surface area contributed by atoms with Crippen LogP contribution in [-0.4, -0.2) is 39.1 Å². The first kappa shape index (κ1) is 24.0. The van der Waals surface area contributed by atoms with Crippen LogP contribution in [0.4, 0.5) is 5.69 Å². The van der Waals surface area contributed by atoms with Crippen LogP contribution >= 0.6 is 24.8 Å². The quantitative estimate of drug-likeness (QED) is 0.668. The van der Waals surface area contributed by atoms with Gasteiger partial charge < -0.3 is 15.5 Å². The van der Waals surface area contributed by atoms with Gasteiger partial charge in [0.05, 0.1) is 0 Å². The molecule has 0 spiro atoms. The maximum Gasteiger partial charge on any atom is 0.220 e. The van der Waals surface area contributed by atoms with E-state index in [0.717, 1.165) is 32.6 Å². The van der Waals surface area contributed by atoms with Crippen molar-refractivity contribution >= 4 is 36.4 Å². The summed E-state index contributed by atoms with van der Waals surface area (Å²) in [6.07, 6.45) is 4.11. The Morgan fingerprint density at radius 1 is 1.32 bits per heavy atom. The molecular formula is C19H33Cl2N3O. The number of halogens is 2. The molecule has 2 N–H and O–H groups in total. The molecule has 0 aliphatic carbocycles. The minimum atomic E-state index is 0. The number of rotatable bonds is 8. The van der Waals surface area contributed by atoms with Crippen LogP contribution in [0, 0.1) is 11.8 Å². The molecule has 25 heavy (non-hydrogen) atoms. The van der Waals surface area contributed by atoms with Gasteiger partial charge in [0, 0.05) is 32.2 Å². The number of hydrogen-bond donors (Lipinski definition) is 2. The van der Waals surface area contributed by atoms with E-state index < -0.39 is 0 Å². The van der Waals surface area contributed by atoms with Crippen LogP contribution in [0.2, 0.25) is 0 Å². The van der Waals surface area contributed by atoms with Crippen LogP contribution in [-0.2, 0) is 4.79 Å². The van der Waals surface area contributed by atoms with Gasteiger partial charge in [0.2, 0.25) is 5.91 Å². The second-order valence-electron chi connectivity index (χ2n) is 6.75. The lowest BCUT2D eigenvalue weighted by Gasteiger charge is -2.28. The van der Waals surface area contributed by atoms with Crippen LogP contribution in [0.25, 0.3) is 0 Å². The molecule has 1 aliphatic rings. The van der Waals surface area contributed by atoms with Crippen molar-refractivity contribution in [2.75, 3.05) is 38.1 Å². The van der Waals surface area contributed by atoms with E-state index in [9.17, 15) is 4.79 Å². The molecule has 1 amide bonds. The van der Waals surface area contributed by atoms with Crippen molar-refractivity contribution in [1.82, 2.24) is 10.6 Å². The molecule has 1 fully saturated rings. The van der Waals surface area contributed by atoms with Crippen molar-refractivity contribution in [3.05, 3.63) is 30.3 Å². The summed E-state index contributed by atoms with van der Waals surface area (Å²) in [4.78, 5) is 14.3. The smallest absolute Gasteiger partial charge is 0.220 e. The second-order valence-corrected chi connectivity index (χ2v) is 6.75. The highest BCUT2D eigenvalue weighted by Gasteiger charge is 2.21. The summed E-state index contributed by atoms with van der Waals surface area (Å²) in [7, 11) is 2.09. The lowest BCUT2D eigenvalue weighted by atomic mass is 9.85. The van der Waals surface area contributed by atoms with E-state index in [0.29, 0.717) is 18.3 Å². The average Bonchev–Trinajstić information content (AvgIpc) is 2.60. The fourth-order valence-corrected chi connectivity index (χ4v) is 3.25. The number of para-hydroxylation sites is 1. The molecule has 6 heteroatoms. The first-order valence-electron chi connectivity index (χ1n) is 8.90. The average molecular weight is 390 g/mol. The monoisotopic (exact) mass is 389 g/mol. The lowest BCUT2D eigenvalue weighted by Crippen LogP contribution is -2.36. The van der Waals surface area contributed by atoms with Gasteiger partial charge in [0.1, 0.15) is 0 Å². The number of piperidine rings is 1. The van der Waals surface area contributed by atoms with Gasteiger partial charge in [0.25, 0.3) is 0 Å². The lowest BCUT2D eigenvalue weighted by molar-refractivity contribution is -0.122. The molecule has 1 saturated heterocycles.